The normalized spacial score (nSPS) is 21.8. The molecule has 0 aromatic carbocycles. The predicted molar refractivity (Wildman–Crippen MR) is 64.1 cm³/mol. The van der Waals surface area contributed by atoms with Crippen molar-refractivity contribution >= 4 is 10.0 Å². The van der Waals surface area contributed by atoms with Gasteiger partial charge in [-0.05, 0) is 19.4 Å². The lowest BCUT2D eigenvalue weighted by atomic mass is 10.1. The Balaban J connectivity index is 2.68. The van der Waals surface area contributed by atoms with Crippen LogP contribution in [0.25, 0.3) is 0 Å². The molecule has 1 aliphatic heterocycles. The van der Waals surface area contributed by atoms with E-state index in [1.54, 1.807) is 0 Å². The molecule has 0 aromatic heterocycles. The van der Waals surface area contributed by atoms with Gasteiger partial charge in [0.1, 0.15) is 6.54 Å². The zero-order valence-corrected chi connectivity index (χ0v) is 11.3. The molecule has 1 rings (SSSR count). The van der Waals surface area contributed by atoms with Gasteiger partial charge in [0.25, 0.3) is 0 Å². The van der Waals surface area contributed by atoms with Gasteiger partial charge in [-0.25, -0.2) is 8.42 Å². The van der Waals surface area contributed by atoms with Gasteiger partial charge < -0.3 is 10.4 Å². The lowest BCUT2D eigenvalue weighted by Gasteiger charge is -2.27. The predicted octanol–water partition coefficient (Wildman–Crippen LogP) is 0.315. The molecular formula is C10H19F3N2O3S. The summed E-state index contributed by atoms with van der Waals surface area (Å²) in [5.74, 6) is -0.358. The maximum absolute atomic E-state index is 12.3. The van der Waals surface area contributed by atoms with Crippen molar-refractivity contribution in [2.75, 3.05) is 32.0 Å². The second-order valence-corrected chi connectivity index (χ2v) is 6.61. The van der Waals surface area contributed by atoms with Gasteiger partial charge in [-0.1, -0.05) is 6.42 Å². The fourth-order valence-corrected chi connectivity index (χ4v) is 3.76. The standard InChI is InChI=1S/C10H19F3N2O3S/c11-10(12,13)8-15(5-6-16)19(17,18)7-9-3-1-2-4-14-9/h9,14,16H,1-8H2. The molecule has 0 saturated carbocycles. The molecule has 2 N–H and O–H groups in total. The number of aliphatic hydroxyl groups excluding tert-OH is 1. The Kier molecular flexibility index (Phi) is 6.03. The third-order valence-corrected chi connectivity index (χ3v) is 4.84. The first-order chi connectivity index (χ1) is 8.74. The van der Waals surface area contributed by atoms with Crippen molar-refractivity contribution in [2.45, 2.75) is 31.5 Å². The Morgan fingerprint density at radius 2 is 2.00 bits per heavy atom. The quantitative estimate of drug-likeness (QED) is 0.741. The highest BCUT2D eigenvalue weighted by Crippen LogP contribution is 2.20. The van der Waals surface area contributed by atoms with Crippen LogP contribution in [0.2, 0.25) is 0 Å². The van der Waals surface area contributed by atoms with E-state index in [-0.39, 0.29) is 11.8 Å². The van der Waals surface area contributed by atoms with Crippen LogP contribution < -0.4 is 5.32 Å². The molecule has 1 fully saturated rings. The van der Waals surface area contributed by atoms with Crippen molar-refractivity contribution in [1.82, 2.24) is 9.62 Å². The third kappa shape index (κ3) is 6.07. The van der Waals surface area contributed by atoms with Crippen molar-refractivity contribution in [3.8, 4) is 0 Å². The zero-order chi connectivity index (χ0) is 14.5. The number of nitrogens with one attached hydrogen (secondary N) is 1. The summed E-state index contributed by atoms with van der Waals surface area (Å²) < 4.78 is 61.2. The molecule has 0 radical (unpaired) electrons. The first kappa shape index (κ1) is 16.7. The highest BCUT2D eigenvalue weighted by molar-refractivity contribution is 7.89. The van der Waals surface area contributed by atoms with Gasteiger partial charge in [0.2, 0.25) is 10.0 Å². The van der Waals surface area contributed by atoms with Crippen molar-refractivity contribution in [1.29, 1.82) is 0 Å². The Morgan fingerprint density at radius 1 is 1.32 bits per heavy atom. The van der Waals surface area contributed by atoms with E-state index >= 15 is 0 Å². The van der Waals surface area contributed by atoms with E-state index in [9.17, 15) is 21.6 Å². The summed E-state index contributed by atoms with van der Waals surface area (Å²) in [5, 5.41) is 11.7. The average Bonchev–Trinajstić information content (AvgIpc) is 2.27. The Morgan fingerprint density at radius 3 is 2.47 bits per heavy atom. The van der Waals surface area contributed by atoms with Gasteiger partial charge >= 0.3 is 6.18 Å². The number of aliphatic hydroxyl groups is 1. The smallest absolute Gasteiger partial charge is 0.395 e. The summed E-state index contributed by atoms with van der Waals surface area (Å²) in [4.78, 5) is 0. The Labute approximate surface area is 110 Å². The van der Waals surface area contributed by atoms with Crippen LogP contribution in [0.1, 0.15) is 19.3 Å². The van der Waals surface area contributed by atoms with E-state index < -0.39 is 35.9 Å². The van der Waals surface area contributed by atoms with E-state index in [0.29, 0.717) is 17.3 Å². The summed E-state index contributed by atoms with van der Waals surface area (Å²) in [6.45, 7) is -2.04. The van der Waals surface area contributed by atoms with Crippen LogP contribution in [-0.2, 0) is 10.0 Å². The monoisotopic (exact) mass is 304 g/mol. The minimum Gasteiger partial charge on any atom is -0.395 e. The number of hydrogen-bond donors (Lipinski definition) is 2. The second-order valence-electron chi connectivity index (χ2n) is 4.60. The second kappa shape index (κ2) is 6.87. The number of rotatable bonds is 6. The molecule has 5 nitrogen and oxygen atoms in total. The molecule has 1 unspecified atom stereocenters. The van der Waals surface area contributed by atoms with Crippen LogP contribution in [-0.4, -0.2) is 62.0 Å². The van der Waals surface area contributed by atoms with Gasteiger partial charge in [-0.3, -0.25) is 0 Å². The zero-order valence-electron chi connectivity index (χ0n) is 10.5. The highest BCUT2D eigenvalue weighted by atomic mass is 32.2. The van der Waals surface area contributed by atoms with Gasteiger partial charge in [0.05, 0.1) is 12.4 Å². The van der Waals surface area contributed by atoms with E-state index in [1.807, 2.05) is 0 Å². The van der Waals surface area contributed by atoms with Crippen molar-refractivity contribution in [3.63, 3.8) is 0 Å². The van der Waals surface area contributed by atoms with Crippen LogP contribution >= 0.6 is 0 Å². The number of sulfonamides is 1. The molecule has 0 bridgehead atoms. The molecule has 0 amide bonds. The number of alkyl halides is 3. The van der Waals surface area contributed by atoms with Crippen LogP contribution in [0, 0.1) is 0 Å². The topological polar surface area (TPSA) is 69.6 Å². The van der Waals surface area contributed by atoms with Crippen LogP contribution in [0.5, 0.6) is 0 Å². The highest BCUT2D eigenvalue weighted by Gasteiger charge is 2.37. The molecule has 0 aliphatic carbocycles. The van der Waals surface area contributed by atoms with Gasteiger partial charge in [0, 0.05) is 12.6 Å². The van der Waals surface area contributed by atoms with Crippen molar-refractivity contribution < 1.29 is 26.7 Å². The van der Waals surface area contributed by atoms with E-state index in [2.05, 4.69) is 5.32 Å². The van der Waals surface area contributed by atoms with E-state index in [4.69, 9.17) is 5.11 Å². The Hall–Kier alpha value is -0.380. The van der Waals surface area contributed by atoms with Crippen molar-refractivity contribution in [3.05, 3.63) is 0 Å². The largest absolute Gasteiger partial charge is 0.402 e. The molecule has 1 heterocycles. The summed E-state index contributed by atoms with van der Waals surface area (Å²) >= 11 is 0. The Bertz CT molecular complexity index is 367. The fraction of sp³-hybridized carbons (Fsp3) is 1.00. The minimum atomic E-state index is -4.61. The molecule has 9 heteroatoms. The lowest BCUT2D eigenvalue weighted by molar-refractivity contribution is -0.136. The van der Waals surface area contributed by atoms with Gasteiger partial charge in [-0.15, -0.1) is 0 Å². The summed E-state index contributed by atoms with van der Waals surface area (Å²) in [5.41, 5.74) is 0. The third-order valence-electron chi connectivity index (χ3n) is 2.92. The van der Waals surface area contributed by atoms with Crippen LogP contribution in [0.15, 0.2) is 0 Å². The summed E-state index contributed by atoms with van der Waals surface area (Å²) in [6.07, 6.45) is -2.16. The summed E-state index contributed by atoms with van der Waals surface area (Å²) in [6, 6.07) is -0.312. The molecule has 1 aliphatic rings. The van der Waals surface area contributed by atoms with E-state index in [1.165, 1.54) is 0 Å². The molecule has 1 saturated heterocycles. The average molecular weight is 304 g/mol. The van der Waals surface area contributed by atoms with E-state index in [0.717, 1.165) is 12.8 Å². The van der Waals surface area contributed by atoms with Crippen LogP contribution in [0.4, 0.5) is 13.2 Å². The molecular weight excluding hydrogens is 285 g/mol. The number of piperidine rings is 1. The molecule has 19 heavy (non-hydrogen) atoms. The molecule has 1 atom stereocenters. The van der Waals surface area contributed by atoms with Gasteiger partial charge in [-0.2, -0.15) is 17.5 Å². The molecule has 114 valence electrons. The number of nitrogens with zero attached hydrogens (tertiary/aromatic N) is 1. The maximum atomic E-state index is 12.3. The number of halogens is 3. The fourth-order valence-electron chi connectivity index (χ4n) is 2.05. The molecule has 0 spiro atoms. The minimum absolute atomic E-state index is 0.309. The SMILES string of the molecule is O=S(=O)(CC1CCCCN1)N(CCO)CC(F)(F)F. The summed E-state index contributed by atoms with van der Waals surface area (Å²) in [7, 11) is -4.03. The first-order valence-corrected chi connectivity index (χ1v) is 7.74. The maximum Gasteiger partial charge on any atom is 0.402 e. The van der Waals surface area contributed by atoms with Crippen molar-refractivity contribution in [2.24, 2.45) is 0 Å². The van der Waals surface area contributed by atoms with Gasteiger partial charge in [0.15, 0.2) is 0 Å². The molecule has 0 aromatic rings. The first-order valence-electron chi connectivity index (χ1n) is 6.13. The van der Waals surface area contributed by atoms with Crippen LogP contribution in [0.3, 0.4) is 0 Å². The number of hydrogen-bond acceptors (Lipinski definition) is 4. The lowest BCUT2D eigenvalue weighted by Crippen LogP contribution is -2.47.